The van der Waals surface area contributed by atoms with Gasteiger partial charge < -0.3 is 10.6 Å². The number of rotatable bonds is 3. The summed E-state index contributed by atoms with van der Waals surface area (Å²) in [4.78, 5) is 11.1. The maximum absolute atomic E-state index is 5.64. The summed E-state index contributed by atoms with van der Waals surface area (Å²) in [5, 5.41) is 0. The summed E-state index contributed by atoms with van der Waals surface area (Å²) in [6.07, 6.45) is 4.20. The Morgan fingerprint density at radius 2 is 2.00 bits per heavy atom. The molecule has 1 fully saturated rings. The number of aryl methyl sites for hydroxylation is 2. The normalized spacial score (nSPS) is 18.2. The number of anilines is 2. The number of nitrogen functional groups attached to an aromatic ring is 1. The lowest BCUT2D eigenvalue weighted by molar-refractivity contribution is 0.585. The Kier molecular flexibility index (Phi) is 3.78. The molecule has 4 heteroatoms. The van der Waals surface area contributed by atoms with E-state index in [0.717, 1.165) is 30.9 Å². The number of hydrogen-bond donors (Lipinski definition) is 1. The van der Waals surface area contributed by atoms with Crippen LogP contribution < -0.4 is 10.6 Å². The largest absolute Gasteiger partial charge is 0.384 e. The van der Waals surface area contributed by atoms with Crippen LogP contribution in [0.5, 0.6) is 0 Å². The van der Waals surface area contributed by atoms with Gasteiger partial charge >= 0.3 is 0 Å². The molecule has 2 aromatic rings. The molecular weight excluding hydrogens is 260 g/mol. The topological polar surface area (TPSA) is 55.0 Å². The van der Waals surface area contributed by atoms with Gasteiger partial charge in [0.25, 0.3) is 0 Å². The number of pyridine rings is 2. The quantitative estimate of drug-likeness (QED) is 0.940. The Morgan fingerprint density at radius 3 is 2.67 bits per heavy atom. The van der Waals surface area contributed by atoms with Gasteiger partial charge in [0.15, 0.2) is 0 Å². The van der Waals surface area contributed by atoms with Gasteiger partial charge in [-0.15, -0.1) is 0 Å². The van der Waals surface area contributed by atoms with E-state index in [4.69, 9.17) is 5.73 Å². The van der Waals surface area contributed by atoms with Crippen LogP contribution in [0, 0.1) is 19.8 Å². The van der Waals surface area contributed by atoms with Crippen LogP contribution in [-0.2, 0) is 6.42 Å². The van der Waals surface area contributed by atoms with Crippen molar-refractivity contribution in [3.63, 3.8) is 0 Å². The van der Waals surface area contributed by atoms with Crippen molar-refractivity contribution in [3.05, 3.63) is 47.4 Å². The third-order valence-electron chi connectivity index (χ3n) is 4.09. The van der Waals surface area contributed by atoms with E-state index in [1.54, 1.807) is 0 Å². The zero-order valence-corrected chi connectivity index (χ0v) is 12.7. The van der Waals surface area contributed by atoms with E-state index in [1.807, 2.05) is 12.3 Å². The molecule has 0 bridgehead atoms. The van der Waals surface area contributed by atoms with Crippen molar-refractivity contribution < 1.29 is 0 Å². The summed E-state index contributed by atoms with van der Waals surface area (Å²) < 4.78 is 0. The van der Waals surface area contributed by atoms with Crippen molar-refractivity contribution in [1.82, 2.24) is 9.97 Å². The highest BCUT2D eigenvalue weighted by Gasteiger charge is 2.23. The SMILES string of the molecule is Cc1cc(N2CCC(Cc3ccc(N)nc3)C2)cc(C)n1. The van der Waals surface area contributed by atoms with Gasteiger partial charge in [0.2, 0.25) is 0 Å². The first-order chi connectivity index (χ1) is 10.1. The van der Waals surface area contributed by atoms with Crippen molar-refractivity contribution in [2.45, 2.75) is 26.7 Å². The Bertz CT molecular complexity index is 601. The highest BCUT2D eigenvalue weighted by Crippen LogP contribution is 2.27. The molecule has 0 spiro atoms. The maximum atomic E-state index is 5.64. The van der Waals surface area contributed by atoms with E-state index in [0.29, 0.717) is 11.7 Å². The summed E-state index contributed by atoms with van der Waals surface area (Å²) in [5.41, 5.74) is 10.4. The highest BCUT2D eigenvalue weighted by molar-refractivity contribution is 5.49. The molecule has 1 saturated heterocycles. The number of nitrogens with zero attached hydrogens (tertiary/aromatic N) is 3. The van der Waals surface area contributed by atoms with E-state index in [9.17, 15) is 0 Å². The van der Waals surface area contributed by atoms with Crippen LogP contribution in [-0.4, -0.2) is 23.1 Å². The molecule has 0 radical (unpaired) electrons. The molecular formula is C17H22N4. The lowest BCUT2D eigenvalue weighted by Gasteiger charge is -2.19. The maximum Gasteiger partial charge on any atom is 0.123 e. The first kappa shape index (κ1) is 13.9. The van der Waals surface area contributed by atoms with E-state index >= 15 is 0 Å². The molecule has 3 heterocycles. The summed E-state index contributed by atoms with van der Waals surface area (Å²) in [7, 11) is 0. The number of nitrogens with two attached hydrogens (primary N) is 1. The van der Waals surface area contributed by atoms with Crippen LogP contribution in [0.4, 0.5) is 11.5 Å². The molecule has 3 rings (SSSR count). The van der Waals surface area contributed by atoms with Crippen LogP contribution in [0.3, 0.4) is 0 Å². The Labute approximate surface area is 126 Å². The van der Waals surface area contributed by atoms with Crippen molar-refractivity contribution >= 4 is 11.5 Å². The molecule has 21 heavy (non-hydrogen) atoms. The van der Waals surface area contributed by atoms with Crippen LogP contribution in [0.2, 0.25) is 0 Å². The summed E-state index contributed by atoms with van der Waals surface area (Å²) in [5.74, 6) is 1.28. The summed E-state index contributed by atoms with van der Waals surface area (Å²) >= 11 is 0. The molecule has 4 nitrogen and oxygen atoms in total. The van der Waals surface area contributed by atoms with E-state index in [1.165, 1.54) is 17.7 Å². The molecule has 0 amide bonds. The molecule has 0 aromatic carbocycles. The average molecular weight is 282 g/mol. The highest BCUT2D eigenvalue weighted by atomic mass is 15.2. The van der Waals surface area contributed by atoms with Crippen LogP contribution in [0.25, 0.3) is 0 Å². The molecule has 110 valence electrons. The van der Waals surface area contributed by atoms with Gasteiger partial charge in [-0.25, -0.2) is 4.98 Å². The van der Waals surface area contributed by atoms with E-state index < -0.39 is 0 Å². The lowest BCUT2D eigenvalue weighted by Crippen LogP contribution is -2.20. The lowest BCUT2D eigenvalue weighted by atomic mass is 10.00. The van der Waals surface area contributed by atoms with Crippen molar-refractivity contribution in [3.8, 4) is 0 Å². The van der Waals surface area contributed by atoms with Crippen molar-refractivity contribution in [2.75, 3.05) is 23.7 Å². The molecule has 0 saturated carbocycles. The predicted octanol–water partition coefficient (Wildman–Crippen LogP) is 2.74. The number of hydrogen-bond acceptors (Lipinski definition) is 4. The zero-order valence-electron chi connectivity index (χ0n) is 12.7. The van der Waals surface area contributed by atoms with Crippen LogP contribution in [0.1, 0.15) is 23.4 Å². The average Bonchev–Trinajstić information content (AvgIpc) is 2.89. The fourth-order valence-corrected chi connectivity index (χ4v) is 3.12. The Morgan fingerprint density at radius 1 is 1.24 bits per heavy atom. The second kappa shape index (κ2) is 5.72. The fourth-order valence-electron chi connectivity index (χ4n) is 3.12. The smallest absolute Gasteiger partial charge is 0.123 e. The molecule has 1 aliphatic rings. The second-order valence-electron chi connectivity index (χ2n) is 6.00. The molecule has 1 unspecified atom stereocenters. The minimum absolute atomic E-state index is 0.592. The molecule has 0 aliphatic carbocycles. The minimum Gasteiger partial charge on any atom is -0.384 e. The third-order valence-corrected chi connectivity index (χ3v) is 4.09. The van der Waals surface area contributed by atoms with Gasteiger partial charge in [0, 0.05) is 36.4 Å². The first-order valence-corrected chi connectivity index (χ1v) is 7.51. The van der Waals surface area contributed by atoms with Gasteiger partial charge in [-0.1, -0.05) is 6.07 Å². The van der Waals surface area contributed by atoms with Gasteiger partial charge in [0.05, 0.1) is 0 Å². The summed E-state index contributed by atoms with van der Waals surface area (Å²) in [6, 6.07) is 8.34. The van der Waals surface area contributed by atoms with Crippen molar-refractivity contribution in [1.29, 1.82) is 0 Å². The van der Waals surface area contributed by atoms with Gasteiger partial charge in [-0.2, -0.15) is 0 Å². The molecule has 1 atom stereocenters. The predicted molar refractivity (Wildman–Crippen MR) is 86.4 cm³/mol. The van der Waals surface area contributed by atoms with E-state index in [-0.39, 0.29) is 0 Å². The molecule has 2 N–H and O–H groups in total. The minimum atomic E-state index is 0.592. The van der Waals surface area contributed by atoms with Crippen LogP contribution >= 0.6 is 0 Å². The van der Waals surface area contributed by atoms with Crippen LogP contribution in [0.15, 0.2) is 30.5 Å². The third kappa shape index (κ3) is 3.32. The Hall–Kier alpha value is -2.10. The number of aromatic nitrogens is 2. The second-order valence-corrected chi connectivity index (χ2v) is 6.00. The first-order valence-electron chi connectivity index (χ1n) is 7.51. The van der Waals surface area contributed by atoms with E-state index in [2.05, 4.69) is 46.9 Å². The summed E-state index contributed by atoms with van der Waals surface area (Å²) in [6.45, 7) is 6.34. The Balaban J connectivity index is 1.66. The van der Waals surface area contributed by atoms with Gasteiger partial charge in [0.1, 0.15) is 5.82 Å². The standard InChI is InChI=1S/C17H22N4/c1-12-7-16(8-13(2)20-12)21-6-5-15(11-21)9-14-3-4-17(18)19-10-14/h3-4,7-8,10,15H,5-6,9,11H2,1-2H3,(H2,18,19). The molecule has 1 aliphatic heterocycles. The van der Waals surface area contributed by atoms with Gasteiger partial charge in [-0.05, 0) is 56.4 Å². The fraction of sp³-hybridized carbons (Fsp3) is 0.412. The van der Waals surface area contributed by atoms with Crippen molar-refractivity contribution in [2.24, 2.45) is 5.92 Å². The zero-order chi connectivity index (χ0) is 14.8. The molecule has 2 aromatic heterocycles. The monoisotopic (exact) mass is 282 g/mol. The van der Waals surface area contributed by atoms with Gasteiger partial charge in [-0.3, -0.25) is 4.98 Å².